The van der Waals surface area contributed by atoms with E-state index in [1.54, 1.807) is 18.3 Å². The van der Waals surface area contributed by atoms with Gasteiger partial charge in [0, 0.05) is 32.5 Å². The lowest BCUT2D eigenvalue weighted by Gasteiger charge is -2.51. The van der Waals surface area contributed by atoms with Gasteiger partial charge in [-0.1, -0.05) is 29.8 Å². The minimum absolute atomic E-state index is 0.318. The molecule has 2 saturated heterocycles. The molecule has 2 aliphatic rings. The molecule has 6 heteroatoms. The summed E-state index contributed by atoms with van der Waals surface area (Å²) in [6.07, 6.45) is 2.55. The lowest BCUT2D eigenvalue weighted by atomic mass is 9.79. The van der Waals surface area contributed by atoms with Crippen molar-refractivity contribution in [1.29, 1.82) is 0 Å². The Morgan fingerprint density at radius 2 is 2.04 bits per heavy atom. The summed E-state index contributed by atoms with van der Waals surface area (Å²) in [5.41, 5.74) is -0.0364. The summed E-state index contributed by atoms with van der Waals surface area (Å²) < 4.78 is 7.88. The van der Waals surface area contributed by atoms with Crippen molar-refractivity contribution in [3.05, 3.63) is 35.4 Å². The topological polar surface area (TPSA) is 53.0 Å². The second kappa shape index (κ2) is 7.26. The second-order valence-corrected chi connectivity index (χ2v) is 9.55. The number of rotatable bonds is 4. The number of nitrogens with zero attached hydrogens (tertiary/aromatic N) is 2. The third-order valence-electron chi connectivity index (χ3n) is 5.78. The fourth-order valence-electron chi connectivity index (χ4n) is 4.58. The maximum Gasteiger partial charge on any atom is 0.411 e. The van der Waals surface area contributed by atoms with Gasteiger partial charge in [-0.25, -0.2) is 9.21 Å². The standard InChI is InChI=1S/C21H31ClN2O3/c1-16-7-5-8-17(13-16)21(14-19(2,3)26)10-12-24(18(25)27-21)20(4)9-6-11-23(22)15-20/h5,7-8,13,26H,6,9-12,14-15H2,1-4H3. The number of carbonyl (C=O) groups is 1. The van der Waals surface area contributed by atoms with Gasteiger partial charge in [0.05, 0.1) is 11.1 Å². The van der Waals surface area contributed by atoms with E-state index in [0.717, 1.165) is 30.5 Å². The number of hydrogen-bond donors (Lipinski definition) is 1. The molecule has 1 amide bonds. The van der Waals surface area contributed by atoms with Crippen molar-refractivity contribution in [2.45, 2.75) is 70.1 Å². The van der Waals surface area contributed by atoms with Crippen LogP contribution in [0.2, 0.25) is 0 Å². The molecule has 3 rings (SSSR count). The maximum atomic E-state index is 13.1. The zero-order chi connectivity index (χ0) is 19.9. The molecule has 2 fully saturated rings. The molecule has 0 aliphatic carbocycles. The quantitative estimate of drug-likeness (QED) is 0.777. The average Bonchev–Trinajstić information content (AvgIpc) is 2.52. The fourth-order valence-corrected chi connectivity index (χ4v) is 4.96. The Kier molecular flexibility index (Phi) is 5.50. The van der Waals surface area contributed by atoms with Gasteiger partial charge < -0.3 is 14.7 Å². The highest BCUT2D eigenvalue weighted by Gasteiger charge is 2.50. The van der Waals surface area contributed by atoms with Crippen molar-refractivity contribution in [3.8, 4) is 0 Å². The first-order valence-corrected chi connectivity index (χ1v) is 10.1. The number of hydrogen-bond acceptors (Lipinski definition) is 4. The number of cyclic esters (lactones) is 1. The highest BCUT2D eigenvalue weighted by atomic mass is 35.5. The number of benzene rings is 1. The van der Waals surface area contributed by atoms with Crippen molar-refractivity contribution in [3.63, 3.8) is 0 Å². The summed E-state index contributed by atoms with van der Waals surface area (Å²) in [4.78, 5) is 15.0. The summed E-state index contributed by atoms with van der Waals surface area (Å²) in [6, 6.07) is 8.04. The van der Waals surface area contributed by atoms with Gasteiger partial charge >= 0.3 is 6.09 Å². The molecule has 0 spiro atoms. The van der Waals surface area contributed by atoms with Crippen LogP contribution in [-0.4, -0.2) is 51.3 Å². The van der Waals surface area contributed by atoms with Crippen molar-refractivity contribution in [2.24, 2.45) is 0 Å². The highest BCUT2D eigenvalue weighted by Crippen LogP contribution is 2.43. The van der Waals surface area contributed by atoms with Crippen LogP contribution in [0, 0.1) is 6.92 Å². The molecule has 150 valence electrons. The first kappa shape index (κ1) is 20.4. The maximum absolute atomic E-state index is 13.1. The smallest absolute Gasteiger partial charge is 0.411 e. The van der Waals surface area contributed by atoms with E-state index in [4.69, 9.17) is 16.5 Å². The monoisotopic (exact) mass is 394 g/mol. The predicted molar refractivity (Wildman–Crippen MR) is 107 cm³/mol. The van der Waals surface area contributed by atoms with Crippen LogP contribution in [0.4, 0.5) is 4.79 Å². The lowest BCUT2D eigenvalue weighted by Crippen LogP contribution is -2.62. The molecule has 0 saturated carbocycles. The first-order valence-electron chi connectivity index (χ1n) is 9.74. The van der Waals surface area contributed by atoms with Crippen LogP contribution in [0.5, 0.6) is 0 Å². The van der Waals surface area contributed by atoms with Crippen molar-refractivity contribution in [1.82, 2.24) is 9.32 Å². The molecule has 2 aliphatic heterocycles. The number of carbonyl (C=O) groups excluding carboxylic acids is 1. The van der Waals surface area contributed by atoms with E-state index in [-0.39, 0.29) is 11.6 Å². The minimum atomic E-state index is -0.951. The second-order valence-electron chi connectivity index (χ2n) is 9.07. The largest absolute Gasteiger partial charge is 0.438 e. The Balaban J connectivity index is 1.89. The highest BCUT2D eigenvalue weighted by molar-refractivity contribution is 6.13. The van der Waals surface area contributed by atoms with Gasteiger partial charge in [-0.2, -0.15) is 0 Å². The summed E-state index contributed by atoms with van der Waals surface area (Å²) >= 11 is 6.25. The van der Waals surface area contributed by atoms with Crippen molar-refractivity contribution < 1.29 is 14.6 Å². The summed E-state index contributed by atoms with van der Waals surface area (Å²) in [7, 11) is 0. The zero-order valence-corrected chi connectivity index (χ0v) is 17.6. The Hall–Kier alpha value is -1.30. The normalized spacial score (nSPS) is 30.3. The van der Waals surface area contributed by atoms with Crippen LogP contribution in [0.15, 0.2) is 24.3 Å². The number of piperidine rings is 1. The predicted octanol–water partition coefficient (Wildman–Crippen LogP) is 4.20. The molecule has 5 nitrogen and oxygen atoms in total. The molecule has 0 bridgehead atoms. The summed E-state index contributed by atoms with van der Waals surface area (Å²) in [5, 5.41) is 10.5. The van der Waals surface area contributed by atoms with E-state index in [0.29, 0.717) is 25.9 Å². The number of ether oxygens (including phenoxy) is 1. The van der Waals surface area contributed by atoms with Crippen LogP contribution in [0.1, 0.15) is 57.6 Å². The van der Waals surface area contributed by atoms with Gasteiger partial charge in [0.15, 0.2) is 0 Å². The SMILES string of the molecule is Cc1cccc(C2(CC(C)(C)O)CCN(C3(C)CCCN(Cl)C3)C(=O)O2)c1. The molecule has 0 radical (unpaired) electrons. The minimum Gasteiger partial charge on any atom is -0.438 e. The summed E-state index contributed by atoms with van der Waals surface area (Å²) in [6.45, 7) is 9.69. The molecule has 2 heterocycles. The number of amides is 1. The lowest BCUT2D eigenvalue weighted by molar-refractivity contribution is -0.114. The Morgan fingerprint density at radius 3 is 2.63 bits per heavy atom. The third kappa shape index (κ3) is 4.41. The zero-order valence-electron chi connectivity index (χ0n) is 16.8. The van der Waals surface area contributed by atoms with Crippen molar-refractivity contribution >= 4 is 17.9 Å². The molecular weight excluding hydrogens is 364 g/mol. The Bertz CT molecular complexity index is 705. The Labute approximate surface area is 167 Å². The van der Waals surface area contributed by atoms with Crippen LogP contribution < -0.4 is 0 Å². The van der Waals surface area contributed by atoms with Crippen LogP contribution in [-0.2, 0) is 10.3 Å². The Morgan fingerprint density at radius 1 is 1.30 bits per heavy atom. The number of aryl methyl sites for hydroxylation is 1. The van der Waals surface area contributed by atoms with E-state index in [2.05, 4.69) is 13.0 Å². The van der Waals surface area contributed by atoms with Crippen molar-refractivity contribution in [2.75, 3.05) is 19.6 Å². The molecule has 0 aromatic heterocycles. The van der Waals surface area contributed by atoms with Crippen LogP contribution in [0.25, 0.3) is 0 Å². The molecule has 1 aromatic rings. The van der Waals surface area contributed by atoms with Crippen LogP contribution >= 0.6 is 11.8 Å². The van der Waals surface area contributed by atoms with E-state index in [1.807, 2.05) is 30.0 Å². The van der Waals surface area contributed by atoms with Gasteiger partial charge in [-0.05, 0) is 57.9 Å². The first-order chi connectivity index (χ1) is 12.5. The third-order valence-corrected chi connectivity index (χ3v) is 6.07. The van der Waals surface area contributed by atoms with Gasteiger partial charge in [-0.3, -0.25) is 0 Å². The van der Waals surface area contributed by atoms with E-state index < -0.39 is 11.2 Å². The van der Waals surface area contributed by atoms with Crippen LogP contribution in [0.3, 0.4) is 0 Å². The van der Waals surface area contributed by atoms with E-state index in [9.17, 15) is 9.90 Å². The molecular formula is C21H31ClN2O3. The molecule has 2 atom stereocenters. The average molecular weight is 395 g/mol. The molecule has 2 unspecified atom stereocenters. The number of aliphatic hydroxyl groups is 1. The van der Waals surface area contributed by atoms with Gasteiger partial charge in [-0.15, -0.1) is 0 Å². The van der Waals surface area contributed by atoms with Gasteiger partial charge in [0.1, 0.15) is 5.60 Å². The molecule has 1 N–H and O–H groups in total. The van der Waals surface area contributed by atoms with E-state index in [1.165, 1.54) is 0 Å². The number of halogens is 1. The van der Waals surface area contributed by atoms with Gasteiger partial charge in [0.2, 0.25) is 0 Å². The molecule has 27 heavy (non-hydrogen) atoms. The fraction of sp³-hybridized carbons (Fsp3) is 0.667. The van der Waals surface area contributed by atoms with E-state index >= 15 is 0 Å². The molecule has 1 aromatic carbocycles. The summed E-state index contributed by atoms with van der Waals surface area (Å²) in [5.74, 6) is 0. The van der Waals surface area contributed by atoms with Gasteiger partial charge in [0.25, 0.3) is 0 Å².